The van der Waals surface area contributed by atoms with E-state index < -0.39 is 33.0 Å². The van der Waals surface area contributed by atoms with Gasteiger partial charge in [-0.3, -0.25) is 0 Å². The normalized spacial score (nSPS) is 13.6. The fourth-order valence-corrected chi connectivity index (χ4v) is 5.20. The van der Waals surface area contributed by atoms with Crippen molar-refractivity contribution in [3.05, 3.63) is 47.8 Å². The molecule has 36 heavy (non-hydrogen) atoms. The van der Waals surface area contributed by atoms with Crippen molar-refractivity contribution in [1.82, 2.24) is 29.7 Å². The second-order valence-electron chi connectivity index (χ2n) is 8.23. The second-order valence-corrected chi connectivity index (χ2v) is 10.6. The fraction of sp³-hybridized carbons (Fsp3) is 0.522. The van der Waals surface area contributed by atoms with Crippen molar-refractivity contribution in [2.24, 2.45) is 0 Å². The second kappa shape index (κ2) is 12.3. The van der Waals surface area contributed by atoms with E-state index in [1.807, 2.05) is 6.92 Å². The highest BCUT2D eigenvalue weighted by molar-refractivity contribution is 7.91. The standard InChI is InChI=1S/C23H32N6O6S/c1-15-10-24-22(25-11-15)21(35-6)16(2)36(30,31)14-19-27-28-23(18-8-7-9-20(26-18)34-5)29(19)17(12-32-3)13-33-4/h7-11,16-17,21H,12-14H2,1-6H3/t16-,21-/m0/s1. The van der Waals surface area contributed by atoms with Gasteiger partial charge in [-0.1, -0.05) is 6.07 Å². The van der Waals surface area contributed by atoms with Crippen LogP contribution in [-0.2, 0) is 29.8 Å². The number of pyridine rings is 1. The first-order valence-corrected chi connectivity index (χ1v) is 12.9. The average molecular weight is 521 g/mol. The van der Waals surface area contributed by atoms with E-state index >= 15 is 0 Å². The summed E-state index contributed by atoms with van der Waals surface area (Å²) >= 11 is 0. The Morgan fingerprint density at radius 3 is 2.25 bits per heavy atom. The van der Waals surface area contributed by atoms with Crippen LogP contribution < -0.4 is 4.74 Å². The zero-order chi connectivity index (χ0) is 26.3. The number of hydrogen-bond acceptors (Lipinski definition) is 11. The van der Waals surface area contributed by atoms with Gasteiger partial charge in [0.1, 0.15) is 23.4 Å². The number of nitrogens with zero attached hydrogens (tertiary/aromatic N) is 6. The molecule has 3 aromatic rings. The van der Waals surface area contributed by atoms with Gasteiger partial charge in [-0.05, 0) is 25.5 Å². The Labute approximate surface area is 210 Å². The van der Waals surface area contributed by atoms with Crippen LogP contribution in [0.15, 0.2) is 30.6 Å². The molecule has 3 heterocycles. The molecule has 0 aliphatic heterocycles. The van der Waals surface area contributed by atoms with E-state index in [-0.39, 0.29) is 19.0 Å². The first-order valence-electron chi connectivity index (χ1n) is 11.2. The lowest BCUT2D eigenvalue weighted by Gasteiger charge is -2.23. The Hall–Kier alpha value is -3.00. The quantitative estimate of drug-likeness (QED) is 0.327. The Kier molecular flexibility index (Phi) is 9.43. The van der Waals surface area contributed by atoms with E-state index in [0.717, 1.165) is 5.56 Å². The summed E-state index contributed by atoms with van der Waals surface area (Å²) in [6.45, 7) is 3.90. The summed E-state index contributed by atoms with van der Waals surface area (Å²) in [6.07, 6.45) is 2.38. The minimum atomic E-state index is -3.81. The molecule has 0 saturated heterocycles. The Bertz CT molecular complexity index is 1230. The van der Waals surface area contributed by atoms with Gasteiger partial charge in [0.05, 0.1) is 31.6 Å². The van der Waals surface area contributed by atoms with Gasteiger partial charge in [0.2, 0.25) is 5.88 Å². The molecule has 0 aromatic carbocycles. The van der Waals surface area contributed by atoms with Crippen molar-refractivity contribution < 1.29 is 27.4 Å². The molecular weight excluding hydrogens is 488 g/mol. The maximum absolute atomic E-state index is 13.6. The van der Waals surface area contributed by atoms with Gasteiger partial charge >= 0.3 is 0 Å². The van der Waals surface area contributed by atoms with Gasteiger partial charge in [-0.15, -0.1) is 10.2 Å². The number of hydrogen-bond donors (Lipinski definition) is 0. The minimum Gasteiger partial charge on any atom is -0.481 e. The molecule has 0 fully saturated rings. The summed E-state index contributed by atoms with van der Waals surface area (Å²) in [5.74, 6) is 0.872. The van der Waals surface area contributed by atoms with Crippen LogP contribution in [0, 0.1) is 6.92 Å². The van der Waals surface area contributed by atoms with Crippen LogP contribution in [0.2, 0.25) is 0 Å². The summed E-state index contributed by atoms with van der Waals surface area (Å²) in [4.78, 5) is 13.0. The van der Waals surface area contributed by atoms with Crippen molar-refractivity contribution in [2.45, 2.75) is 37.0 Å². The van der Waals surface area contributed by atoms with Crippen LogP contribution in [0.1, 0.15) is 36.3 Å². The molecule has 0 saturated carbocycles. The molecule has 0 N–H and O–H groups in total. The minimum absolute atomic E-state index is 0.222. The third kappa shape index (κ3) is 6.22. The molecule has 0 unspecified atom stereocenters. The molecule has 2 atom stereocenters. The Morgan fingerprint density at radius 2 is 1.67 bits per heavy atom. The molecule has 13 heteroatoms. The smallest absolute Gasteiger partial charge is 0.213 e. The van der Waals surface area contributed by atoms with E-state index in [4.69, 9.17) is 18.9 Å². The third-order valence-corrected chi connectivity index (χ3v) is 7.68. The lowest BCUT2D eigenvalue weighted by Crippen LogP contribution is -2.31. The SMILES string of the molecule is COCC(COC)n1c(CS(=O)(=O)[C@@H](C)[C@H](OC)c2ncc(C)cn2)nnc1-c1cccc(OC)n1. The lowest BCUT2D eigenvalue weighted by atomic mass is 10.2. The zero-order valence-corrected chi connectivity index (χ0v) is 22.1. The molecule has 0 amide bonds. The summed E-state index contributed by atoms with van der Waals surface area (Å²) in [5.41, 5.74) is 1.33. The summed E-state index contributed by atoms with van der Waals surface area (Å²) in [7, 11) is 2.25. The summed E-state index contributed by atoms with van der Waals surface area (Å²) in [5, 5.41) is 7.57. The first-order chi connectivity index (χ1) is 17.2. The maximum Gasteiger partial charge on any atom is 0.213 e. The number of aromatic nitrogens is 6. The summed E-state index contributed by atoms with van der Waals surface area (Å²) in [6, 6.07) is 4.82. The van der Waals surface area contributed by atoms with Crippen LogP contribution >= 0.6 is 0 Å². The average Bonchev–Trinajstić information content (AvgIpc) is 3.28. The van der Waals surface area contributed by atoms with Crippen molar-refractivity contribution in [1.29, 1.82) is 0 Å². The van der Waals surface area contributed by atoms with Crippen LogP contribution in [0.5, 0.6) is 5.88 Å². The third-order valence-electron chi connectivity index (χ3n) is 5.64. The number of ether oxygens (including phenoxy) is 4. The van der Waals surface area contributed by atoms with Crippen LogP contribution in [0.25, 0.3) is 11.5 Å². The Balaban J connectivity index is 2.03. The monoisotopic (exact) mass is 520 g/mol. The fourth-order valence-electron chi connectivity index (χ4n) is 3.77. The number of sulfone groups is 1. The van der Waals surface area contributed by atoms with Crippen LogP contribution in [0.4, 0.5) is 0 Å². The van der Waals surface area contributed by atoms with Gasteiger partial charge in [0.25, 0.3) is 0 Å². The first kappa shape index (κ1) is 27.6. The molecule has 0 bridgehead atoms. The highest BCUT2D eigenvalue weighted by Crippen LogP contribution is 2.28. The van der Waals surface area contributed by atoms with Gasteiger partial charge in [-0.25, -0.2) is 23.4 Å². The Morgan fingerprint density at radius 1 is 1.00 bits per heavy atom. The number of rotatable bonds is 13. The van der Waals surface area contributed by atoms with Crippen molar-refractivity contribution in [2.75, 3.05) is 41.7 Å². The lowest BCUT2D eigenvalue weighted by molar-refractivity contribution is 0.0887. The topological polar surface area (TPSA) is 140 Å². The van der Waals surface area contributed by atoms with E-state index in [9.17, 15) is 8.42 Å². The van der Waals surface area contributed by atoms with E-state index in [1.54, 1.807) is 56.3 Å². The van der Waals surface area contributed by atoms with Gasteiger partial charge < -0.3 is 23.5 Å². The molecule has 0 spiro atoms. The largest absolute Gasteiger partial charge is 0.481 e. The highest BCUT2D eigenvalue weighted by Gasteiger charge is 2.35. The maximum atomic E-state index is 13.6. The molecule has 196 valence electrons. The molecule has 3 aromatic heterocycles. The molecule has 0 radical (unpaired) electrons. The number of aryl methyl sites for hydroxylation is 1. The summed E-state index contributed by atoms with van der Waals surface area (Å²) < 4.78 is 50.3. The van der Waals surface area contributed by atoms with E-state index in [2.05, 4.69) is 25.1 Å². The van der Waals surface area contributed by atoms with Gasteiger partial charge in [-0.2, -0.15) is 0 Å². The zero-order valence-electron chi connectivity index (χ0n) is 21.3. The number of methoxy groups -OCH3 is 4. The van der Waals surface area contributed by atoms with E-state index in [0.29, 0.717) is 23.2 Å². The predicted molar refractivity (Wildman–Crippen MR) is 131 cm³/mol. The van der Waals surface area contributed by atoms with Crippen molar-refractivity contribution >= 4 is 9.84 Å². The van der Waals surface area contributed by atoms with Crippen LogP contribution in [-0.4, -0.2) is 85.0 Å². The molecule has 0 aliphatic rings. The van der Waals surface area contributed by atoms with E-state index in [1.165, 1.54) is 14.2 Å². The van der Waals surface area contributed by atoms with Gasteiger partial charge in [0, 0.05) is 39.8 Å². The molecular formula is C23H32N6O6S. The predicted octanol–water partition coefficient (Wildman–Crippen LogP) is 1.97. The van der Waals surface area contributed by atoms with Crippen molar-refractivity contribution in [3.8, 4) is 17.4 Å². The molecule has 12 nitrogen and oxygen atoms in total. The van der Waals surface area contributed by atoms with Crippen molar-refractivity contribution in [3.63, 3.8) is 0 Å². The molecule has 0 aliphatic carbocycles. The molecule has 3 rings (SSSR count). The highest BCUT2D eigenvalue weighted by atomic mass is 32.2. The van der Waals surface area contributed by atoms with Crippen LogP contribution in [0.3, 0.4) is 0 Å². The van der Waals surface area contributed by atoms with Gasteiger partial charge in [0.15, 0.2) is 21.5 Å².